The van der Waals surface area contributed by atoms with E-state index < -0.39 is 40.7 Å². The molecule has 174 valence electrons. The molecule has 8 heteroatoms. The van der Waals surface area contributed by atoms with Gasteiger partial charge in [-0.25, -0.2) is 18.6 Å². The number of benzene rings is 2. The second kappa shape index (κ2) is 9.52. The van der Waals surface area contributed by atoms with E-state index >= 15 is 0 Å². The van der Waals surface area contributed by atoms with E-state index in [2.05, 4.69) is 10.3 Å². The molecular formula is C25H26F2N2O4. The molecule has 0 saturated carbocycles. The van der Waals surface area contributed by atoms with Gasteiger partial charge >= 0.3 is 6.09 Å². The number of hydrogen-bond acceptors (Lipinski definition) is 5. The molecule has 0 radical (unpaired) electrons. The van der Waals surface area contributed by atoms with Crippen molar-refractivity contribution in [3.8, 4) is 5.88 Å². The highest BCUT2D eigenvalue weighted by Crippen LogP contribution is 2.29. The Balaban J connectivity index is 1.94. The van der Waals surface area contributed by atoms with Crippen molar-refractivity contribution in [2.24, 2.45) is 0 Å². The molecule has 3 rings (SSSR count). The normalized spacial score (nSPS) is 12.3. The van der Waals surface area contributed by atoms with Gasteiger partial charge in [0.25, 0.3) is 0 Å². The van der Waals surface area contributed by atoms with Crippen LogP contribution in [0.5, 0.6) is 5.88 Å². The summed E-state index contributed by atoms with van der Waals surface area (Å²) in [5.74, 6) is -2.51. The molecule has 1 unspecified atom stereocenters. The fourth-order valence-corrected chi connectivity index (χ4v) is 3.39. The summed E-state index contributed by atoms with van der Waals surface area (Å²) >= 11 is 0. The Morgan fingerprint density at radius 1 is 1.09 bits per heavy atom. The van der Waals surface area contributed by atoms with Crippen molar-refractivity contribution in [3.05, 3.63) is 70.9 Å². The molecule has 1 aromatic heterocycles. The molecule has 0 aliphatic rings. The van der Waals surface area contributed by atoms with Gasteiger partial charge in [0.15, 0.2) is 5.78 Å². The van der Waals surface area contributed by atoms with E-state index in [-0.39, 0.29) is 11.1 Å². The molecular weight excluding hydrogens is 430 g/mol. The smallest absolute Gasteiger partial charge is 0.408 e. The minimum Gasteiger partial charge on any atom is -0.478 e. The van der Waals surface area contributed by atoms with E-state index in [1.54, 1.807) is 52.8 Å². The maximum atomic E-state index is 15.0. The first kappa shape index (κ1) is 24.1. The minimum absolute atomic E-state index is 0.126. The third kappa shape index (κ3) is 5.45. The number of ether oxygens (including phenoxy) is 2. The predicted octanol–water partition coefficient (Wildman–Crippen LogP) is 5.73. The zero-order chi connectivity index (χ0) is 24.3. The van der Waals surface area contributed by atoms with Crippen LogP contribution in [0.1, 0.15) is 62.1 Å². The first-order valence-electron chi connectivity index (χ1n) is 10.6. The quantitative estimate of drug-likeness (QED) is 0.480. The van der Waals surface area contributed by atoms with E-state index in [0.717, 1.165) is 12.1 Å². The van der Waals surface area contributed by atoms with E-state index in [4.69, 9.17) is 9.47 Å². The van der Waals surface area contributed by atoms with E-state index in [1.807, 2.05) is 0 Å². The number of nitrogens with one attached hydrogen (secondary N) is 1. The first-order valence-corrected chi connectivity index (χ1v) is 10.6. The fourth-order valence-electron chi connectivity index (χ4n) is 3.39. The van der Waals surface area contributed by atoms with Crippen LogP contribution in [0.2, 0.25) is 0 Å². The van der Waals surface area contributed by atoms with Crippen LogP contribution in [0.4, 0.5) is 13.6 Å². The van der Waals surface area contributed by atoms with Crippen LogP contribution >= 0.6 is 0 Å². The lowest BCUT2D eigenvalue weighted by molar-refractivity contribution is 0.0507. The molecule has 0 bridgehead atoms. The van der Waals surface area contributed by atoms with Crippen LogP contribution in [-0.2, 0) is 4.74 Å². The van der Waals surface area contributed by atoms with Crippen molar-refractivity contribution < 1.29 is 27.8 Å². The zero-order valence-electron chi connectivity index (χ0n) is 19.2. The highest BCUT2D eigenvalue weighted by atomic mass is 19.1. The first-order chi connectivity index (χ1) is 15.5. The second-order valence-corrected chi connectivity index (χ2v) is 8.51. The lowest BCUT2D eigenvalue weighted by Gasteiger charge is -2.22. The lowest BCUT2D eigenvalue weighted by Crippen LogP contribution is -2.34. The number of pyridine rings is 1. The predicted molar refractivity (Wildman–Crippen MR) is 120 cm³/mol. The minimum atomic E-state index is -1.02. The van der Waals surface area contributed by atoms with Crippen LogP contribution in [0.25, 0.3) is 10.8 Å². The number of ketones is 1. The number of amides is 1. The molecule has 6 nitrogen and oxygen atoms in total. The van der Waals surface area contributed by atoms with Crippen molar-refractivity contribution in [2.75, 3.05) is 6.61 Å². The van der Waals surface area contributed by atoms with Crippen molar-refractivity contribution >= 4 is 22.6 Å². The lowest BCUT2D eigenvalue weighted by atomic mass is 9.95. The molecule has 0 aliphatic heterocycles. The van der Waals surface area contributed by atoms with Crippen LogP contribution < -0.4 is 10.1 Å². The maximum absolute atomic E-state index is 15.0. The Hall–Kier alpha value is -3.55. The van der Waals surface area contributed by atoms with Gasteiger partial charge < -0.3 is 14.8 Å². The number of alkyl carbamates (subject to hydrolysis) is 1. The topological polar surface area (TPSA) is 77.5 Å². The molecule has 2 aromatic carbocycles. The Morgan fingerprint density at radius 3 is 2.36 bits per heavy atom. The standard InChI is InChI=1S/C25H26F2N2O4/c1-6-32-23-18-9-7-8-17(16(18)10-11-28-23)22(30)21-19(26)12-15(13-20(21)27)14(2)29-24(31)33-25(3,4)5/h7-14H,6H2,1-5H3,(H,29,31). The van der Waals surface area contributed by atoms with Gasteiger partial charge in [0.2, 0.25) is 5.88 Å². The summed E-state index contributed by atoms with van der Waals surface area (Å²) in [6, 6.07) is 7.76. The molecule has 0 fully saturated rings. The van der Waals surface area contributed by atoms with Gasteiger partial charge in [0.05, 0.1) is 18.2 Å². The summed E-state index contributed by atoms with van der Waals surface area (Å²) in [6.45, 7) is 8.87. The number of halogens is 2. The summed E-state index contributed by atoms with van der Waals surface area (Å²) in [4.78, 5) is 29.3. The number of nitrogens with zero attached hydrogens (tertiary/aromatic N) is 1. The van der Waals surface area contributed by atoms with Gasteiger partial charge in [-0.1, -0.05) is 12.1 Å². The van der Waals surface area contributed by atoms with Crippen LogP contribution in [0.3, 0.4) is 0 Å². The second-order valence-electron chi connectivity index (χ2n) is 8.51. The van der Waals surface area contributed by atoms with Crippen molar-refractivity contribution in [2.45, 2.75) is 46.3 Å². The third-order valence-electron chi connectivity index (χ3n) is 4.82. The molecule has 0 saturated heterocycles. The van der Waals surface area contributed by atoms with Crippen LogP contribution in [0.15, 0.2) is 42.6 Å². The number of carbonyl (C=O) groups is 2. The van der Waals surface area contributed by atoms with E-state index in [0.29, 0.717) is 23.3 Å². The zero-order valence-corrected chi connectivity index (χ0v) is 19.2. The van der Waals surface area contributed by atoms with Gasteiger partial charge in [-0.15, -0.1) is 0 Å². The average molecular weight is 456 g/mol. The number of carbonyl (C=O) groups excluding carboxylic acids is 2. The molecule has 1 heterocycles. The van der Waals surface area contributed by atoms with Gasteiger partial charge in [-0.3, -0.25) is 4.79 Å². The molecule has 3 aromatic rings. The van der Waals surface area contributed by atoms with Gasteiger partial charge in [0.1, 0.15) is 17.2 Å². The van der Waals surface area contributed by atoms with Crippen molar-refractivity contribution in [3.63, 3.8) is 0 Å². The SMILES string of the molecule is CCOc1nccc2c(C(=O)c3c(F)cc(C(C)NC(=O)OC(C)(C)C)cc3F)cccc12. The number of fused-ring (bicyclic) bond motifs is 1. The van der Waals surface area contributed by atoms with Crippen LogP contribution in [-0.4, -0.2) is 29.1 Å². The molecule has 1 atom stereocenters. The summed E-state index contributed by atoms with van der Waals surface area (Å²) in [5.41, 5.74) is -1.10. The van der Waals surface area contributed by atoms with Gasteiger partial charge in [-0.2, -0.15) is 0 Å². The summed E-state index contributed by atoms with van der Waals surface area (Å²) in [7, 11) is 0. The third-order valence-corrected chi connectivity index (χ3v) is 4.82. The molecule has 0 spiro atoms. The van der Waals surface area contributed by atoms with E-state index in [1.165, 1.54) is 12.3 Å². The fraction of sp³-hybridized carbons (Fsp3) is 0.320. The van der Waals surface area contributed by atoms with Gasteiger partial charge in [0, 0.05) is 17.1 Å². The average Bonchev–Trinajstić information content (AvgIpc) is 2.71. The highest BCUT2D eigenvalue weighted by Gasteiger charge is 2.25. The van der Waals surface area contributed by atoms with Crippen molar-refractivity contribution in [1.29, 1.82) is 0 Å². The van der Waals surface area contributed by atoms with Crippen molar-refractivity contribution in [1.82, 2.24) is 10.3 Å². The van der Waals surface area contributed by atoms with Crippen LogP contribution in [0, 0.1) is 11.6 Å². The van der Waals surface area contributed by atoms with Gasteiger partial charge in [-0.05, 0) is 69.8 Å². The Morgan fingerprint density at radius 2 is 1.76 bits per heavy atom. The molecule has 1 amide bonds. The largest absolute Gasteiger partial charge is 0.478 e. The number of aromatic nitrogens is 1. The molecule has 0 aliphatic carbocycles. The number of hydrogen-bond donors (Lipinski definition) is 1. The Bertz CT molecular complexity index is 1180. The summed E-state index contributed by atoms with van der Waals surface area (Å²) in [5, 5.41) is 3.57. The molecule has 1 N–H and O–H groups in total. The monoisotopic (exact) mass is 456 g/mol. The summed E-state index contributed by atoms with van der Waals surface area (Å²) in [6.07, 6.45) is 0.759. The summed E-state index contributed by atoms with van der Waals surface area (Å²) < 4.78 is 40.6. The Labute approximate surface area is 190 Å². The Kier molecular flexibility index (Phi) is 6.95. The highest BCUT2D eigenvalue weighted by molar-refractivity contribution is 6.17. The number of rotatable bonds is 6. The molecule has 33 heavy (non-hydrogen) atoms. The van der Waals surface area contributed by atoms with E-state index in [9.17, 15) is 18.4 Å². The maximum Gasteiger partial charge on any atom is 0.408 e.